The van der Waals surface area contributed by atoms with Crippen LogP contribution in [0.4, 0.5) is 10.2 Å². The summed E-state index contributed by atoms with van der Waals surface area (Å²) >= 11 is 0. The van der Waals surface area contributed by atoms with Crippen LogP contribution in [0.15, 0.2) is 60.8 Å². The molecule has 8 heteroatoms. The van der Waals surface area contributed by atoms with E-state index in [0.29, 0.717) is 11.2 Å². The molecule has 4 aromatic rings. The fourth-order valence-electron chi connectivity index (χ4n) is 5.14. The van der Waals surface area contributed by atoms with Gasteiger partial charge < -0.3 is 19.8 Å². The van der Waals surface area contributed by atoms with E-state index in [1.807, 2.05) is 32.2 Å². The molecule has 1 fully saturated rings. The van der Waals surface area contributed by atoms with E-state index < -0.39 is 5.79 Å². The van der Waals surface area contributed by atoms with E-state index in [4.69, 9.17) is 15.2 Å². The predicted molar refractivity (Wildman–Crippen MR) is 123 cm³/mol. The molecule has 4 heterocycles. The molecule has 0 saturated carbocycles. The van der Waals surface area contributed by atoms with Crippen molar-refractivity contribution in [3.05, 3.63) is 72.2 Å². The fraction of sp³-hybridized carbons (Fsp3) is 0.320. The van der Waals surface area contributed by atoms with Crippen molar-refractivity contribution in [3.63, 3.8) is 0 Å². The lowest BCUT2D eigenvalue weighted by molar-refractivity contribution is -0.147. The summed E-state index contributed by atoms with van der Waals surface area (Å²) in [5.74, 6) is -0.457. The number of pyridine rings is 1. The summed E-state index contributed by atoms with van der Waals surface area (Å²) in [5, 5.41) is 2.26. The van der Waals surface area contributed by atoms with Gasteiger partial charge in [0.15, 0.2) is 5.79 Å². The van der Waals surface area contributed by atoms with Crippen molar-refractivity contribution >= 4 is 27.6 Å². The van der Waals surface area contributed by atoms with Crippen LogP contribution in [0.3, 0.4) is 0 Å². The van der Waals surface area contributed by atoms with Crippen LogP contribution in [0.2, 0.25) is 0 Å². The molecule has 3 atom stereocenters. The van der Waals surface area contributed by atoms with Crippen LogP contribution in [0, 0.1) is 5.82 Å². The molecule has 0 unspecified atom stereocenters. The number of nitrogens with zero attached hydrogens (tertiary/aromatic N) is 4. The number of halogens is 1. The van der Waals surface area contributed by atoms with Gasteiger partial charge in [-0.1, -0.05) is 12.1 Å². The molecule has 0 bridgehead atoms. The van der Waals surface area contributed by atoms with Crippen LogP contribution in [0.5, 0.6) is 0 Å². The van der Waals surface area contributed by atoms with Crippen molar-refractivity contribution in [2.75, 3.05) is 5.73 Å². The predicted octanol–water partition coefficient (Wildman–Crippen LogP) is 4.33. The third-order valence-electron chi connectivity index (χ3n) is 6.62. The minimum Gasteiger partial charge on any atom is -0.383 e. The number of anilines is 1. The molecule has 7 nitrogen and oxygen atoms in total. The lowest BCUT2D eigenvalue weighted by atomic mass is 9.98. The maximum atomic E-state index is 14.2. The third kappa shape index (κ3) is 3.29. The molecule has 1 aliphatic carbocycles. The summed E-state index contributed by atoms with van der Waals surface area (Å²) in [4.78, 5) is 12.8. The van der Waals surface area contributed by atoms with Gasteiger partial charge in [0, 0.05) is 29.4 Å². The molecule has 1 saturated heterocycles. The van der Waals surface area contributed by atoms with E-state index in [1.165, 1.54) is 18.0 Å². The van der Waals surface area contributed by atoms with Gasteiger partial charge in [0.1, 0.15) is 35.8 Å². The van der Waals surface area contributed by atoms with E-state index in [9.17, 15) is 4.39 Å². The maximum Gasteiger partial charge on any atom is 0.164 e. The molecule has 0 amide bonds. The summed E-state index contributed by atoms with van der Waals surface area (Å²) in [6.07, 6.45) is 10.2. The summed E-state index contributed by atoms with van der Waals surface area (Å²) in [7, 11) is 0. The number of hydrogen-bond acceptors (Lipinski definition) is 6. The highest BCUT2D eigenvalue weighted by Crippen LogP contribution is 2.45. The van der Waals surface area contributed by atoms with E-state index in [0.717, 1.165) is 34.8 Å². The van der Waals surface area contributed by atoms with Crippen molar-refractivity contribution in [2.45, 2.75) is 50.7 Å². The maximum absolute atomic E-state index is 14.2. The SMILES string of the molecule is CC1(C)O[C@@H]2[C@H](O1)C(CCc1ccc(F)c3ccncc13)=C[C@H]2n1ccc2c(N)ncnc21. The number of hydrogen-bond donors (Lipinski definition) is 1. The first-order valence-corrected chi connectivity index (χ1v) is 11.1. The van der Waals surface area contributed by atoms with Gasteiger partial charge in [-0.05, 0) is 56.0 Å². The number of benzene rings is 1. The molecule has 0 radical (unpaired) electrons. The van der Waals surface area contributed by atoms with Crippen LogP contribution in [-0.4, -0.2) is 37.5 Å². The molecule has 2 N–H and O–H groups in total. The first-order chi connectivity index (χ1) is 15.9. The Morgan fingerprint density at radius 2 is 1.94 bits per heavy atom. The number of aryl methyl sites for hydroxylation is 1. The molecule has 2 aliphatic rings. The minimum atomic E-state index is -0.684. The molecule has 1 aromatic carbocycles. The van der Waals surface area contributed by atoms with Crippen LogP contribution in [0.1, 0.15) is 31.9 Å². The Kier molecular flexibility index (Phi) is 4.50. The Labute approximate surface area is 190 Å². The normalized spacial score (nSPS) is 23.8. The summed E-state index contributed by atoms with van der Waals surface area (Å²) in [5.41, 5.74) is 9.05. The standard InChI is InChI=1S/C25H24FN5O2/c1-25(2)32-21-15(4-3-14-5-6-19(26)16-7-9-28-12-18(14)16)11-20(22(21)33-25)31-10-8-17-23(27)29-13-30-24(17)31/h5-13,20-22H,3-4H2,1-2H3,(H2,27,29,30)/t20-,21-,22+/m1/s1. The highest BCUT2D eigenvalue weighted by molar-refractivity contribution is 5.86. The number of aromatic nitrogens is 4. The van der Waals surface area contributed by atoms with E-state index in [1.54, 1.807) is 18.5 Å². The van der Waals surface area contributed by atoms with Crippen LogP contribution in [0.25, 0.3) is 21.8 Å². The monoisotopic (exact) mass is 445 g/mol. The average Bonchev–Trinajstić information content (AvgIpc) is 3.45. The van der Waals surface area contributed by atoms with Crippen molar-refractivity contribution in [3.8, 4) is 0 Å². The Hall–Kier alpha value is -3.36. The average molecular weight is 445 g/mol. The van der Waals surface area contributed by atoms with E-state index >= 15 is 0 Å². The summed E-state index contributed by atoms with van der Waals surface area (Å²) in [6, 6.07) is 6.95. The van der Waals surface area contributed by atoms with Gasteiger partial charge in [-0.2, -0.15) is 0 Å². The smallest absolute Gasteiger partial charge is 0.164 e. The minimum absolute atomic E-state index is 0.0785. The number of nitrogen functional groups attached to an aromatic ring is 1. The van der Waals surface area contributed by atoms with Crippen molar-refractivity contribution in [1.29, 1.82) is 0 Å². The van der Waals surface area contributed by atoms with Crippen LogP contribution >= 0.6 is 0 Å². The molecule has 6 rings (SSSR count). The second-order valence-corrected chi connectivity index (χ2v) is 9.10. The summed E-state index contributed by atoms with van der Waals surface area (Å²) < 4.78 is 29.0. The number of fused-ring (bicyclic) bond motifs is 3. The largest absolute Gasteiger partial charge is 0.383 e. The summed E-state index contributed by atoms with van der Waals surface area (Å²) in [6.45, 7) is 3.88. The second kappa shape index (κ2) is 7.33. The van der Waals surface area contributed by atoms with Crippen molar-refractivity contribution < 1.29 is 13.9 Å². The zero-order chi connectivity index (χ0) is 22.7. The zero-order valence-electron chi connectivity index (χ0n) is 18.4. The van der Waals surface area contributed by atoms with Crippen molar-refractivity contribution in [2.24, 2.45) is 0 Å². The highest BCUT2D eigenvalue weighted by atomic mass is 19.1. The lowest BCUT2D eigenvalue weighted by Gasteiger charge is -2.22. The lowest BCUT2D eigenvalue weighted by Crippen LogP contribution is -2.27. The van der Waals surface area contributed by atoms with Crippen molar-refractivity contribution in [1.82, 2.24) is 19.5 Å². The Morgan fingerprint density at radius 3 is 2.82 bits per heavy atom. The highest BCUT2D eigenvalue weighted by Gasteiger charge is 2.50. The van der Waals surface area contributed by atoms with Gasteiger partial charge in [0.2, 0.25) is 0 Å². The molecule has 3 aromatic heterocycles. The Balaban J connectivity index is 1.35. The van der Waals surface area contributed by atoms with Crippen LogP contribution < -0.4 is 5.73 Å². The first-order valence-electron chi connectivity index (χ1n) is 11.1. The first kappa shape index (κ1) is 20.3. The van der Waals surface area contributed by atoms with E-state index in [-0.39, 0.29) is 24.1 Å². The molecular formula is C25H24FN5O2. The van der Waals surface area contributed by atoms with Gasteiger partial charge >= 0.3 is 0 Å². The van der Waals surface area contributed by atoms with Crippen LogP contribution in [-0.2, 0) is 15.9 Å². The number of ether oxygens (including phenoxy) is 2. The molecular weight excluding hydrogens is 421 g/mol. The van der Waals surface area contributed by atoms with Gasteiger partial charge in [-0.25, -0.2) is 14.4 Å². The van der Waals surface area contributed by atoms with E-state index in [2.05, 4.69) is 25.6 Å². The third-order valence-corrected chi connectivity index (χ3v) is 6.62. The number of nitrogens with two attached hydrogens (primary N) is 1. The molecule has 33 heavy (non-hydrogen) atoms. The quantitative estimate of drug-likeness (QED) is 0.470. The van der Waals surface area contributed by atoms with Gasteiger partial charge in [-0.15, -0.1) is 0 Å². The van der Waals surface area contributed by atoms with Gasteiger partial charge in [-0.3, -0.25) is 4.98 Å². The Bertz CT molecular complexity index is 1410. The number of rotatable bonds is 4. The van der Waals surface area contributed by atoms with Gasteiger partial charge in [0.05, 0.1) is 11.4 Å². The van der Waals surface area contributed by atoms with Gasteiger partial charge in [0.25, 0.3) is 0 Å². The zero-order valence-corrected chi connectivity index (χ0v) is 18.4. The second-order valence-electron chi connectivity index (χ2n) is 9.10. The molecule has 0 spiro atoms. The fourth-order valence-corrected chi connectivity index (χ4v) is 5.14. The Morgan fingerprint density at radius 1 is 1.06 bits per heavy atom. The topological polar surface area (TPSA) is 88.1 Å². The molecule has 1 aliphatic heterocycles. The molecule has 168 valence electrons.